The fourth-order valence-electron chi connectivity index (χ4n) is 4.77. The molecule has 0 bridgehead atoms. The highest BCUT2D eigenvalue weighted by Crippen LogP contribution is 2.51. The molecular formula is C31H38N2O4. The van der Waals surface area contributed by atoms with Crippen molar-refractivity contribution in [2.45, 2.75) is 58.9 Å². The van der Waals surface area contributed by atoms with Crippen molar-refractivity contribution in [1.82, 2.24) is 5.32 Å². The van der Waals surface area contributed by atoms with E-state index >= 15 is 0 Å². The van der Waals surface area contributed by atoms with Crippen molar-refractivity contribution in [3.8, 4) is 22.6 Å². The molecule has 2 aliphatic rings. The number of benzene rings is 3. The molecule has 0 unspecified atom stereocenters. The van der Waals surface area contributed by atoms with Crippen molar-refractivity contribution in [3.63, 3.8) is 0 Å². The van der Waals surface area contributed by atoms with Crippen LogP contribution in [0.15, 0.2) is 60.7 Å². The van der Waals surface area contributed by atoms with E-state index in [2.05, 4.69) is 50.5 Å². The molecule has 6 nitrogen and oxygen atoms in total. The zero-order chi connectivity index (χ0) is 26.2. The third-order valence-electron chi connectivity index (χ3n) is 7.05. The molecule has 1 fully saturated rings. The number of aryl methyl sites for hydroxylation is 1. The summed E-state index contributed by atoms with van der Waals surface area (Å²) in [5, 5.41) is 6.16. The van der Waals surface area contributed by atoms with Crippen LogP contribution in [0.5, 0.6) is 11.5 Å². The SMILES string of the molecule is Cc1ccc(NC(=O)C2(c3ccc4c(c3)OCO4)CC2)cc1-c1ccc(CNC(=O)CC(C)(C)C)cc1.[HH].[HH]. The summed E-state index contributed by atoms with van der Waals surface area (Å²) in [5.74, 6) is 1.49. The van der Waals surface area contributed by atoms with Gasteiger partial charge < -0.3 is 20.1 Å². The zero-order valence-electron chi connectivity index (χ0n) is 21.9. The summed E-state index contributed by atoms with van der Waals surface area (Å²) in [6.07, 6.45) is 2.12. The lowest BCUT2D eigenvalue weighted by Crippen LogP contribution is -2.27. The Morgan fingerprint density at radius 3 is 2.38 bits per heavy atom. The van der Waals surface area contributed by atoms with Crippen LogP contribution in [-0.2, 0) is 21.5 Å². The monoisotopic (exact) mass is 502 g/mol. The average molecular weight is 503 g/mol. The van der Waals surface area contributed by atoms with Gasteiger partial charge in [0.05, 0.1) is 5.41 Å². The van der Waals surface area contributed by atoms with Crippen molar-refractivity contribution < 1.29 is 21.9 Å². The predicted octanol–water partition coefficient (Wildman–Crippen LogP) is 6.61. The van der Waals surface area contributed by atoms with E-state index in [1.165, 1.54) is 0 Å². The summed E-state index contributed by atoms with van der Waals surface area (Å²) in [6.45, 7) is 8.96. The van der Waals surface area contributed by atoms with E-state index in [-0.39, 0.29) is 26.9 Å². The number of ether oxygens (including phenoxy) is 2. The van der Waals surface area contributed by atoms with Gasteiger partial charge in [-0.15, -0.1) is 0 Å². The second-order valence-electron chi connectivity index (χ2n) is 11.3. The number of nitrogens with one attached hydrogen (secondary N) is 2. The molecule has 1 aliphatic carbocycles. The molecule has 196 valence electrons. The Labute approximate surface area is 221 Å². The molecule has 0 radical (unpaired) electrons. The van der Waals surface area contributed by atoms with E-state index < -0.39 is 5.41 Å². The molecule has 3 aromatic rings. The predicted molar refractivity (Wildman–Crippen MR) is 149 cm³/mol. The fourth-order valence-corrected chi connectivity index (χ4v) is 4.77. The van der Waals surface area contributed by atoms with Gasteiger partial charge in [0.1, 0.15) is 0 Å². The Balaban J connectivity index is 0.00000210. The van der Waals surface area contributed by atoms with Gasteiger partial charge in [0.2, 0.25) is 18.6 Å². The van der Waals surface area contributed by atoms with Crippen LogP contribution >= 0.6 is 0 Å². The van der Waals surface area contributed by atoms with Crippen LogP contribution in [0.1, 0.15) is 59.6 Å². The molecule has 1 heterocycles. The molecular weight excluding hydrogens is 464 g/mol. The number of carbonyl (C=O) groups is 2. The fraction of sp³-hybridized carbons (Fsp3) is 0.355. The van der Waals surface area contributed by atoms with Crippen LogP contribution in [0.4, 0.5) is 5.69 Å². The quantitative estimate of drug-likeness (QED) is 0.381. The van der Waals surface area contributed by atoms with E-state index in [0.29, 0.717) is 18.7 Å². The minimum absolute atomic E-state index is 0. The Kier molecular flexibility index (Phi) is 6.44. The second kappa shape index (κ2) is 9.58. The molecule has 0 saturated heterocycles. The van der Waals surface area contributed by atoms with E-state index in [1.807, 2.05) is 48.5 Å². The highest BCUT2D eigenvalue weighted by Gasteiger charge is 2.51. The Bertz CT molecular complexity index is 1350. The average Bonchev–Trinajstić information content (AvgIpc) is 3.54. The molecule has 6 heteroatoms. The molecule has 37 heavy (non-hydrogen) atoms. The van der Waals surface area contributed by atoms with Gasteiger partial charge in [0, 0.05) is 21.5 Å². The van der Waals surface area contributed by atoms with Gasteiger partial charge in [-0.05, 0) is 77.3 Å². The first-order valence-corrected chi connectivity index (χ1v) is 12.8. The van der Waals surface area contributed by atoms with Gasteiger partial charge in [0.15, 0.2) is 11.5 Å². The molecule has 1 saturated carbocycles. The zero-order valence-corrected chi connectivity index (χ0v) is 21.9. The lowest BCUT2D eigenvalue weighted by Gasteiger charge is -2.18. The van der Waals surface area contributed by atoms with E-state index in [4.69, 9.17) is 9.47 Å². The number of rotatable bonds is 7. The Hall–Kier alpha value is -3.80. The maximum absolute atomic E-state index is 13.4. The normalized spacial score (nSPS) is 15.2. The number of fused-ring (bicyclic) bond motifs is 1. The first-order chi connectivity index (χ1) is 17.6. The summed E-state index contributed by atoms with van der Waals surface area (Å²) >= 11 is 0. The van der Waals surface area contributed by atoms with Gasteiger partial charge in [-0.2, -0.15) is 0 Å². The number of anilines is 1. The molecule has 2 N–H and O–H groups in total. The van der Waals surface area contributed by atoms with Gasteiger partial charge in [0.25, 0.3) is 0 Å². The van der Waals surface area contributed by atoms with E-state index in [0.717, 1.165) is 52.1 Å². The Morgan fingerprint density at radius 2 is 1.68 bits per heavy atom. The molecule has 3 aromatic carbocycles. The molecule has 2 amide bonds. The first kappa shape index (κ1) is 24.9. The van der Waals surface area contributed by atoms with Crippen LogP contribution in [0.25, 0.3) is 11.1 Å². The summed E-state index contributed by atoms with van der Waals surface area (Å²) < 4.78 is 10.9. The van der Waals surface area contributed by atoms with Crippen molar-refractivity contribution in [3.05, 3.63) is 77.4 Å². The molecule has 0 aromatic heterocycles. The van der Waals surface area contributed by atoms with Gasteiger partial charge >= 0.3 is 0 Å². The lowest BCUT2D eigenvalue weighted by atomic mass is 9.92. The van der Waals surface area contributed by atoms with Crippen LogP contribution in [-0.4, -0.2) is 18.6 Å². The smallest absolute Gasteiger partial charge is 0.235 e. The maximum atomic E-state index is 13.4. The number of carbonyl (C=O) groups excluding carboxylic acids is 2. The van der Waals surface area contributed by atoms with Crippen LogP contribution in [0, 0.1) is 12.3 Å². The third-order valence-corrected chi connectivity index (χ3v) is 7.05. The van der Waals surface area contributed by atoms with Crippen LogP contribution in [0.3, 0.4) is 0 Å². The minimum Gasteiger partial charge on any atom is -0.454 e. The standard InChI is InChI=1S/C31H34N2O4.2H2/c1-20-5-11-24(33-29(35)31(13-14-31)23-10-12-26-27(15-23)37-19-36-26)16-25(20)22-8-6-21(7-9-22)18-32-28(34)17-30(2,3)4;;/h5-12,15-16H,13-14,17-19H2,1-4H3,(H,32,34)(H,33,35);2*1H. The third kappa shape index (κ3) is 5.48. The number of hydrogen-bond donors (Lipinski definition) is 2. The van der Waals surface area contributed by atoms with Crippen molar-refractivity contribution in [1.29, 1.82) is 0 Å². The molecule has 0 spiro atoms. The minimum atomic E-state index is -0.523. The highest BCUT2D eigenvalue weighted by molar-refractivity contribution is 6.02. The summed E-state index contributed by atoms with van der Waals surface area (Å²) in [4.78, 5) is 25.5. The van der Waals surface area contributed by atoms with Crippen molar-refractivity contribution in [2.24, 2.45) is 5.41 Å². The largest absolute Gasteiger partial charge is 0.454 e. The van der Waals surface area contributed by atoms with Gasteiger partial charge in [-0.25, -0.2) is 0 Å². The number of hydrogen-bond acceptors (Lipinski definition) is 4. The topological polar surface area (TPSA) is 76.7 Å². The Morgan fingerprint density at radius 1 is 0.946 bits per heavy atom. The van der Waals surface area contributed by atoms with Crippen molar-refractivity contribution >= 4 is 17.5 Å². The lowest BCUT2D eigenvalue weighted by molar-refractivity contribution is -0.123. The maximum Gasteiger partial charge on any atom is 0.235 e. The van der Waals surface area contributed by atoms with E-state index in [1.54, 1.807) is 0 Å². The van der Waals surface area contributed by atoms with Gasteiger partial charge in [-0.1, -0.05) is 57.2 Å². The summed E-state index contributed by atoms with van der Waals surface area (Å²) in [6, 6.07) is 20.0. The molecule has 5 rings (SSSR count). The molecule has 1 aliphatic heterocycles. The van der Waals surface area contributed by atoms with Crippen LogP contribution < -0.4 is 20.1 Å². The summed E-state index contributed by atoms with van der Waals surface area (Å²) in [5.41, 5.74) is 5.49. The van der Waals surface area contributed by atoms with Crippen LogP contribution in [0.2, 0.25) is 0 Å². The van der Waals surface area contributed by atoms with Crippen molar-refractivity contribution in [2.75, 3.05) is 12.1 Å². The first-order valence-electron chi connectivity index (χ1n) is 12.8. The number of amides is 2. The molecule has 0 atom stereocenters. The van der Waals surface area contributed by atoms with Gasteiger partial charge in [-0.3, -0.25) is 9.59 Å². The second-order valence-corrected chi connectivity index (χ2v) is 11.3. The highest BCUT2D eigenvalue weighted by atomic mass is 16.7. The van der Waals surface area contributed by atoms with E-state index in [9.17, 15) is 9.59 Å². The summed E-state index contributed by atoms with van der Waals surface area (Å²) in [7, 11) is 0.